The van der Waals surface area contributed by atoms with Crippen molar-refractivity contribution in [2.75, 3.05) is 11.9 Å². The highest BCUT2D eigenvalue weighted by atomic mass is 32.1. The van der Waals surface area contributed by atoms with Gasteiger partial charge in [0.25, 0.3) is 0 Å². The first-order valence-electron chi connectivity index (χ1n) is 3.93. The second kappa shape index (κ2) is 3.00. The number of carbonyl (C=O) groups excluding carboxylic acids is 1. The van der Waals surface area contributed by atoms with Crippen molar-refractivity contribution in [1.82, 2.24) is 14.8 Å². The van der Waals surface area contributed by atoms with E-state index in [2.05, 4.69) is 20.1 Å². The van der Waals surface area contributed by atoms with Crippen molar-refractivity contribution in [3.63, 3.8) is 0 Å². The Morgan fingerprint density at radius 3 is 2.92 bits per heavy atom. The zero-order chi connectivity index (χ0) is 9.31. The largest absolute Gasteiger partial charge is 0.329 e. The predicted molar refractivity (Wildman–Crippen MR) is 47.1 cm³/mol. The summed E-state index contributed by atoms with van der Waals surface area (Å²) in [6.45, 7) is 0.394. The Bertz CT molecular complexity index is 307. The molecule has 0 unspecified atom stereocenters. The molecule has 1 amide bonds. The molecule has 70 valence electrons. The van der Waals surface area contributed by atoms with Crippen molar-refractivity contribution < 1.29 is 4.79 Å². The molecule has 1 aromatic heterocycles. The Kier molecular flexibility index (Phi) is 1.97. The molecular weight excluding hydrogens is 190 g/mol. The van der Waals surface area contributed by atoms with E-state index in [0.717, 1.165) is 24.4 Å². The molecule has 0 bridgehead atoms. The SMILES string of the molecule is NCC1(C(=O)Nc2nnns2)CC1. The zero-order valence-corrected chi connectivity index (χ0v) is 7.67. The normalized spacial score (nSPS) is 18.2. The van der Waals surface area contributed by atoms with Gasteiger partial charge in [-0.05, 0) is 18.1 Å². The molecule has 13 heavy (non-hydrogen) atoms. The molecule has 0 spiro atoms. The Morgan fingerprint density at radius 1 is 1.69 bits per heavy atom. The summed E-state index contributed by atoms with van der Waals surface area (Å²) < 4.78 is 3.54. The van der Waals surface area contributed by atoms with Crippen LogP contribution in [0.25, 0.3) is 0 Å². The number of nitrogens with zero attached hydrogens (tertiary/aromatic N) is 3. The van der Waals surface area contributed by atoms with Gasteiger partial charge in [0.2, 0.25) is 11.0 Å². The molecule has 1 fully saturated rings. The summed E-state index contributed by atoms with van der Waals surface area (Å²) in [5, 5.41) is 10.1. The Hall–Kier alpha value is -1.08. The lowest BCUT2D eigenvalue weighted by atomic mass is 10.1. The number of anilines is 1. The van der Waals surface area contributed by atoms with E-state index in [1.807, 2.05) is 0 Å². The fraction of sp³-hybridized carbons (Fsp3) is 0.667. The predicted octanol–water partition coefficient (Wildman–Crippen LogP) is -0.390. The van der Waals surface area contributed by atoms with Crippen LogP contribution in [-0.4, -0.2) is 27.3 Å². The summed E-state index contributed by atoms with van der Waals surface area (Å²) in [6, 6.07) is 0. The van der Waals surface area contributed by atoms with Crippen LogP contribution in [0.1, 0.15) is 12.8 Å². The molecule has 1 aliphatic rings. The fourth-order valence-electron chi connectivity index (χ4n) is 1.09. The Labute approximate surface area is 78.7 Å². The van der Waals surface area contributed by atoms with E-state index in [-0.39, 0.29) is 11.3 Å². The van der Waals surface area contributed by atoms with Gasteiger partial charge in [-0.2, -0.15) is 0 Å². The van der Waals surface area contributed by atoms with Crippen LogP contribution in [0, 0.1) is 5.41 Å². The summed E-state index contributed by atoms with van der Waals surface area (Å²) in [5.41, 5.74) is 5.15. The number of hydrogen-bond donors (Lipinski definition) is 2. The maximum atomic E-state index is 11.5. The number of nitrogens with two attached hydrogens (primary N) is 1. The van der Waals surface area contributed by atoms with Crippen molar-refractivity contribution >= 4 is 22.6 Å². The van der Waals surface area contributed by atoms with Crippen molar-refractivity contribution in [2.24, 2.45) is 11.1 Å². The van der Waals surface area contributed by atoms with Gasteiger partial charge >= 0.3 is 0 Å². The first-order valence-corrected chi connectivity index (χ1v) is 4.71. The van der Waals surface area contributed by atoms with Crippen molar-refractivity contribution in [3.05, 3.63) is 0 Å². The highest BCUT2D eigenvalue weighted by molar-refractivity contribution is 7.09. The van der Waals surface area contributed by atoms with Gasteiger partial charge < -0.3 is 5.73 Å². The Balaban J connectivity index is 2.00. The summed E-state index contributed by atoms with van der Waals surface area (Å²) in [5.74, 6) is -0.0615. The molecule has 1 aliphatic carbocycles. The van der Waals surface area contributed by atoms with Gasteiger partial charge in [0.1, 0.15) is 0 Å². The van der Waals surface area contributed by atoms with Crippen LogP contribution >= 0.6 is 11.5 Å². The minimum absolute atomic E-state index is 0.0615. The molecule has 0 saturated heterocycles. The van der Waals surface area contributed by atoms with Gasteiger partial charge in [0.05, 0.1) is 5.41 Å². The third-order valence-electron chi connectivity index (χ3n) is 2.25. The van der Waals surface area contributed by atoms with Gasteiger partial charge in [0, 0.05) is 18.1 Å². The summed E-state index contributed by atoms with van der Waals surface area (Å²) in [4.78, 5) is 11.5. The highest BCUT2D eigenvalue weighted by Gasteiger charge is 2.48. The van der Waals surface area contributed by atoms with Crippen LogP contribution in [0.3, 0.4) is 0 Å². The molecular formula is C6H9N5OS. The van der Waals surface area contributed by atoms with Crippen LogP contribution in [-0.2, 0) is 4.79 Å². The van der Waals surface area contributed by atoms with Gasteiger partial charge in [-0.15, -0.1) is 0 Å². The highest BCUT2D eigenvalue weighted by Crippen LogP contribution is 2.45. The maximum absolute atomic E-state index is 11.5. The van der Waals surface area contributed by atoms with Gasteiger partial charge in [-0.25, -0.2) is 0 Å². The fourth-order valence-corrected chi connectivity index (χ4v) is 1.45. The average Bonchev–Trinajstić information content (AvgIpc) is 2.79. The molecule has 7 heteroatoms. The van der Waals surface area contributed by atoms with Gasteiger partial charge in [-0.1, -0.05) is 9.59 Å². The molecule has 0 aliphatic heterocycles. The van der Waals surface area contributed by atoms with E-state index < -0.39 is 0 Å². The summed E-state index contributed by atoms with van der Waals surface area (Å²) in [7, 11) is 0. The number of amides is 1. The lowest BCUT2D eigenvalue weighted by Crippen LogP contribution is -2.30. The lowest BCUT2D eigenvalue weighted by Gasteiger charge is -2.09. The Morgan fingerprint density at radius 2 is 2.46 bits per heavy atom. The summed E-state index contributed by atoms with van der Waals surface area (Å²) >= 11 is 1.06. The molecule has 0 atom stereocenters. The van der Waals surface area contributed by atoms with Crippen molar-refractivity contribution in [2.45, 2.75) is 12.8 Å². The van der Waals surface area contributed by atoms with E-state index in [1.54, 1.807) is 0 Å². The molecule has 0 radical (unpaired) electrons. The van der Waals surface area contributed by atoms with Crippen LogP contribution in [0.15, 0.2) is 0 Å². The molecule has 3 N–H and O–H groups in total. The van der Waals surface area contributed by atoms with Crippen LogP contribution in [0.5, 0.6) is 0 Å². The van der Waals surface area contributed by atoms with Crippen LogP contribution < -0.4 is 11.1 Å². The monoisotopic (exact) mass is 199 g/mol. The zero-order valence-electron chi connectivity index (χ0n) is 6.86. The summed E-state index contributed by atoms with van der Waals surface area (Å²) in [6.07, 6.45) is 1.73. The second-order valence-electron chi connectivity index (χ2n) is 3.11. The van der Waals surface area contributed by atoms with Crippen LogP contribution in [0.2, 0.25) is 0 Å². The molecule has 2 rings (SSSR count). The van der Waals surface area contributed by atoms with Gasteiger partial charge in [-0.3, -0.25) is 10.1 Å². The standard InChI is InChI=1S/C6H9N5OS/c7-3-6(1-2-6)4(12)8-5-9-10-11-13-5/h1-3,7H2,(H,8,9,11,12). The van der Waals surface area contributed by atoms with E-state index in [4.69, 9.17) is 5.73 Å². The number of carbonyl (C=O) groups is 1. The molecule has 1 heterocycles. The lowest BCUT2D eigenvalue weighted by molar-refractivity contribution is -0.120. The average molecular weight is 199 g/mol. The van der Waals surface area contributed by atoms with Crippen molar-refractivity contribution in [3.8, 4) is 0 Å². The molecule has 1 saturated carbocycles. The smallest absolute Gasteiger partial charge is 0.233 e. The maximum Gasteiger partial charge on any atom is 0.233 e. The topological polar surface area (TPSA) is 93.8 Å². The van der Waals surface area contributed by atoms with E-state index >= 15 is 0 Å². The first-order chi connectivity index (χ1) is 6.27. The number of rotatable bonds is 3. The minimum atomic E-state index is -0.342. The van der Waals surface area contributed by atoms with E-state index in [1.165, 1.54) is 0 Å². The van der Waals surface area contributed by atoms with Crippen LogP contribution in [0.4, 0.5) is 5.13 Å². The number of aromatic nitrogens is 3. The third-order valence-corrected chi connectivity index (χ3v) is 2.76. The van der Waals surface area contributed by atoms with E-state index in [0.29, 0.717) is 11.7 Å². The van der Waals surface area contributed by atoms with E-state index in [9.17, 15) is 4.79 Å². The van der Waals surface area contributed by atoms with Gasteiger partial charge in [0.15, 0.2) is 0 Å². The minimum Gasteiger partial charge on any atom is -0.329 e. The quantitative estimate of drug-likeness (QED) is 0.691. The molecule has 0 aromatic carbocycles. The molecule has 6 nitrogen and oxygen atoms in total. The molecule has 1 aromatic rings. The number of hydrogen-bond acceptors (Lipinski definition) is 6. The second-order valence-corrected chi connectivity index (χ2v) is 3.84. The van der Waals surface area contributed by atoms with Crippen molar-refractivity contribution in [1.29, 1.82) is 0 Å². The third kappa shape index (κ3) is 1.52. The first kappa shape index (κ1) is 8.52. The number of nitrogens with one attached hydrogen (secondary N) is 1.